The molecule has 4 heteroatoms. The van der Waals surface area contributed by atoms with Gasteiger partial charge in [-0.25, -0.2) is 8.42 Å². The number of methoxy groups -OCH3 is 1. The molecule has 2 aromatic rings. The van der Waals surface area contributed by atoms with E-state index in [9.17, 15) is 8.42 Å². The first-order chi connectivity index (χ1) is 12.3. The molecule has 2 rings (SSSR count). The quantitative estimate of drug-likeness (QED) is 0.668. The Hall–Kier alpha value is -2.33. The Balaban J connectivity index is 2.21. The first-order valence-corrected chi connectivity index (χ1v) is 10.2. The third-order valence-corrected chi connectivity index (χ3v) is 6.16. The predicted octanol–water partition coefficient (Wildman–Crippen LogP) is 5.05. The van der Waals surface area contributed by atoms with Gasteiger partial charge < -0.3 is 4.74 Å². The Kier molecular flexibility index (Phi) is 6.43. The van der Waals surface area contributed by atoms with Gasteiger partial charge in [-0.3, -0.25) is 0 Å². The maximum Gasteiger partial charge on any atom is 0.181 e. The molecule has 2 aromatic carbocycles. The molecule has 0 atom stereocenters. The molecule has 0 aliphatic rings. The van der Waals surface area contributed by atoms with Gasteiger partial charge in [-0.2, -0.15) is 0 Å². The molecule has 0 spiro atoms. The zero-order valence-corrected chi connectivity index (χ0v) is 16.9. The molecular weight excluding hydrogens is 344 g/mol. The van der Waals surface area contributed by atoms with Gasteiger partial charge in [0.25, 0.3) is 0 Å². The van der Waals surface area contributed by atoms with E-state index in [0.29, 0.717) is 4.90 Å². The highest BCUT2D eigenvalue weighted by Crippen LogP contribution is 2.28. The predicted molar refractivity (Wildman–Crippen MR) is 108 cm³/mol. The van der Waals surface area contributed by atoms with E-state index in [2.05, 4.69) is 6.92 Å². The summed E-state index contributed by atoms with van der Waals surface area (Å²) >= 11 is 0. The molecule has 138 valence electrons. The van der Waals surface area contributed by atoms with Gasteiger partial charge in [0.15, 0.2) is 9.84 Å². The summed E-state index contributed by atoms with van der Waals surface area (Å²) in [5, 5.41) is 0. The number of sulfone groups is 1. The van der Waals surface area contributed by atoms with Crippen molar-refractivity contribution in [2.45, 2.75) is 32.6 Å². The number of aryl methyl sites for hydroxylation is 1. The second-order valence-corrected chi connectivity index (χ2v) is 8.47. The third-order valence-electron chi connectivity index (χ3n) is 4.57. The molecule has 0 unspecified atom stereocenters. The molecule has 0 aliphatic heterocycles. The van der Waals surface area contributed by atoms with Crippen LogP contribution >= 0.6 is 0 Å². The molecule has 0 heterocycles. The zero-order valence-electron chi connectivity index (χ0n) is 16.0. The smallest absolute Gasteiger partial charge is 0.181 e. The maximum absolute atomic E-state index is 12.4. The first-order valence-electron chi connectivity index (χ1n) is 8.53. The number of ether oxygens (including phenoxy) is 1. The highest BCUT2D eigenvalue weighted by molar-refractivity contribution is 7.91. The standard InChI is InChI=1S/C22H26O3S/c1-16(13-14-26(23,24)20-9-7-6-8-10-20)11-12-21-17(2)15-22(25-5)19(4)18(21)3/h6-13,15H,14H2,1-5H3. The van der Waals surface area contributed by atoms with Crippen molar-refractivity contribution in [3.63, 3.8) is 0 Å². The molecule has 0 aromatic heterocycles. The van der Waals surface area contributed by atoms with Gasteiger partial charge in [0.05, 0.1) is 17.8 Å². The number of hydrogen-bond acceptors (Lipinski definition) is 3. The van der Waals surface area contributed by atoms with Crippen molar-refractivity contribution >= 4 is 15.9 Å². The van der Waals surface area contributed by atoms with E-state index in [1.165, 1.54) is 5.56 Å². The number of hydrogen-bond donors (Lipinski definition) is 0. The van der Waals surface area contributed by atoms with Gasteiger partial charge in [-0.05, 0) is 68.1 Å². The average Bonchev–Trinajstić information content (AvgIpc) is 2.63. The summed E-state index contributed by atoms with van der Waals surface area (Å²) in [4.78, 5) is 0.352. The lowest BCUT2D eigenvalue weighted by molar-refractivity contribution is 0.411. The Morgan fingerprint density at radius 2 is 1.73 bits per heavy atom. The lowest BCUT2D eigenvalue weighted by Crippen LogP contribution is -2.04. The average molecular weight is 371 g/mol. The van der Waals surface area contributed by atoms with Crippen LogP contribution in [0.5, 0.6) is 5.75 Å². The molecule has 0 fully saturated rings. The van der Waals surface area contributed by atoms with Crippen LogP contribution in [-0.2, 0) is 9.84 Å². The summed E-state index contributed by atoms with van der Waals surface area (Å²) in [5.41, 5.74) is 5.47. The Morgan fingerprint density at radius 3 is 2.35 bits per heavy atom. The van der Waals surface area contributed by atoms with Gasteiger partial charge in [0.1, 0.15) is 5.75 Å². The van der Waals surface area contributed by atoms with Gasteiger partial charge in [-0.1, -0.05) is 42.0 Å². The van der Waals surface area contributed by atoms with Crippen LogP contribution in [0.2, 0.25) is 0 Å². The van der Waals surface area contributed by atoms with Gasteiger partial charge >= 0.3 is 0 Å². The normalized spacial score (nSPS) is 12.6. The molecule has 0 bridgehead atoms. The van der Waals surface area contributed by atoms with Crippen molar-refractivity contribution in [2.75, 3.05) is 12.9 Å². The van der Waals surface area contributed by atoms with Crippen molar-refractivity contribution in [1.82, 2.24) is 0 Å². The van der Waals surface area contributed by atoms with Crippen molar-refractivity contribution in [3.8, 4) is 5.75 Å². The highest BCUT2D eigenvalue weighted by atomic mass is 32.2. The Labute approximate surface area is 156 Å². The lowest BCUT2D eigenvalue weighted by Gasteiger charge is -2.13. The van der Waals surface area contributed by atoms with Crippen LogP contribution in [0.1, 0.15) is 29.2 Å². The minimum atomic E-state index is -3.30. The van der Waals surface area contributed by atoms with Gasteiger partial charge in [0.2, 0.25) is 0 Å². The lowest BCUT2D eigenvalue weighted by atomic mass is 9.96. The summed E-state index contributed by atoms with van der Waals surface area (Å²) in [6.07, 6.45) is 5.75. The second kappa shape index (κ2) is 8.37. The van der Waals surface area contributed by atoms with Gasteiger partial charge in [0, 0.05) is 0 Å². The summed E-state index contributed by atoms with van der Waals surface area (Å²) in [7, 11) is -1.62. The third kappa shape index (κ3) is 4.64. The fourth-order valence-electron chi connectivity index (χ4n) is 2.78. The van der Waals surface area contributed by atoms with Crippen LogP contribution in [0.25, 0.3) is 6.08 Å². The molecule has 0 saturated heterocycles. The van der Waals surface area contributed by atoms with Crippen molar-refractivity contribution < 1.29 is 13.2 Å². The van der Waals surface area contributed by atoms with Crippen molar-refractivity contribution in [1.29, 1.82) is 0 Å². The summed E-state index contributed by atoms with van der Waals surface area (Å²) in [5.74, 6) is 0.880. The molecular formula is C22H26O3S. The summed E-state index contributed by atoms with van der Waals surface area (Å²) in [6.45, 7) is 8.08. The van der Waals surface area contributed by atoms with Crippen LogP contribution in [-0.4, -0.2) is 21.3 Å². The number of benzene rings is 2. The molecule has 26 heavy (non-hydrogen) atoms. The van der Waals surface area contributed by atoms with Crippen LogP contribution in [0, 0.1) is 20.8 Å². The largest absolute Gasteiger partial charge is 0.496 e. The first kappa shape index (κ1) is 20.0. The molecule has 0 N–H and O–H groups in total. The Morgan fingerprint density at radius 1 is 1.08 bits per heavy atom. The van der Waals surface area contributed by atoms with E-state index in [4.69, 9.17) is 4.74 Å². The SMILES string of the molecule is COc1cc(C)c(C=CC(C)=CCS(=O)(=O)c2ccccc2)c(C)c1C. The van der Waals surface area contributed by atoms with E-state index < -0.39 is 9.84 Å². The van der Waals surface area contributed by atoms with E-state index in [1.54, 1.807) is 37.5 Å². The fourth-order valence-corrected chi connectivity index (χ4v) is 4.03. The summed E-state index contributed by atoms with van der Waals surface area (Å²) in [6, 6.07) is 10.6. The van der Waals surface area contributed by atoms with Crippen LogP contribution in [0.4, 0.5) is 0 Å². The zero-order chi connectivity index (χ0) is 19.3. The summed E-state index contributed by atoms with van der Waals surface area (Å²) < 4.78 is 30.1. The van der Waals surface area contributed by atoms with E-state index in [0.717, 1.165) is 28.0 Å². The van der Waals surface area contributed by atoms with Crippen LogP contribution < -0.4 is 4.74 Å². The molecule has 0 aliphatic carbocycles. The molecule has 0 amide bonds. The molecule has 3 nitrogen and oxygen atoms in total. The Bertz CT molecular complexity index is 937. The minimum Gasteiger partial charge on any atom is -0.496 e. The van der Waals surface area contributed by atoms with E-state index >= 15 is 0 Å². The van der Waals surface area contributed by atoms with Gasteiger partial charge in [-0.15, -0.1) is 0 Å². The van der Waals surface area contributed by atoms with E-state index in [1.807, 2.05) is 45.1 Å². The van der Waals surface area contributed by atoms with Crippen LogP contribution in [0.3, 0.4) is 0 Å². The number of allylic oxidation sites excluding steroid dienone is 2. The molecule has 0 radical (unpaired) electrons. The topological polar surface area (TPSA) is 43.4 Å². The monoisotopic (exact) mass is 370 g/mol. The maximum atomic E-state index is 12.4. The highest BCUT2D eigenvalue weighted by Gasteiger charge is 2.12. The molecule has 0 saturated carbocycles. The second-order valence-electron chi connectivity index (χ2n) is 6.44. The fraction of sp³-hybridized carbons (Fsp3) is 0.273. The van der Waals surface area contributed by atoms with Crippen molar-refractivity contribution in [3.05, 3.63) is 76.4 Å². The minimum absolute atomic E-state index is 0.00715. The van der Waals surface area contributed by atoms with E-state index in [-0.39, 0.29) is 5.75 Å². The number of rotatable bonds is 6. The van der Waals surface area contributed by atoms with Crippen LogP contribution in [0.15, 0.2) is 59.0 Å². The van der Waals surface area contributed by atoms with Crippen molar-refractivity contribution in [2.24, 2.45) is 0 Å².